The topological polar surface area (TPSA) is 12.0 Å². The monoisotopic (exact) mass is 327 g/mol. The van der Waals surface area contributed by atoms with Gasteiger partial charge in [0.25, 0.3) is 0 Å². The summed E-state index contributed by atoms with van der Waals surface area (Å²) in [5.41, 5.74) is 1.11. The quantitative estimate of drug-likeness (QED) is 0.849. The van der Waals surface area contributed by atoms with Crippen LogP contribution in [0, 0.1) is 5.82 Å². The molecule has 1 aromatic carbocycles. The fourth-order valence-corrected chi connectivity index (χ4v) is 3.06. The molecule has 0 aliphatic heterocycles. The van der Waals surface area contributed by atoms with E-state index < -0.39 is 0 Å². The number of hydrogen-bond acceptors (Lipinski definition) is 2. The van der Waals surface area contributed by atoms with E-state index in [-0.39, 0.29) is 11.9 Å². The molecule has 0 amide bonds. The molecule has 0 bridgehead atoms. The molecule has 1 nitrogen and oxygen atoms in total. The highest BCUT2D eigenvalue weighted by atomic mass is 79.9. The van der Waals surface area contributed by atoms with Gasteiger partial charge in [0.05, 0.1) is 4.47 Å². The van der Waals surface area contributed by atoms with Crippen LogP contribution >= 0.6 is 27.3 Å². The van der Waals surface area contributed by atoms with E-state index in [4.69, 9.17) is 0 Å². The van der Waals surface area contributed by atoms with Crippen molar-refractivity contribution in [1.29, 1.82) is 0 Å². The maximum absolute atomic E-state index is 13.3. The average molecular weight is 328 g/mol. The van der Waals surface area contributed by atoms with Gasteiger partial charge in [0.1, 0.15) is 5.82 Å². The SMILES string of the molecule is CCNC(Cc1cccs1)c1ccc(F)c(Br)c1. The standard InChI is InChI=1S/C14H15BrFNS/c1-2-17-14(9-11-4-3-7-18-11)10-5-6-13(16)12(15)8-10/h3-8,14,17H,2,9H2,1H3. The molecule has 1 atom stereocenters. The minimum Gasteiger partial charge on any atom is -0.310 e. The molecule has 0 saturated carbocycles. The minimum atomic E-state index is -0.217. The summed E-state index contributed by atoms with van der Waals surface area (Å²) in [7, 11) is 0. The molecule has 0 aliphatic carbocycles. The molecule has 0 aliphatic rings. The number of thiophene rings is 1. The van der Waals surface area contributed by atoms with Gasteiger partial charge in [-0.05, 0) is 51.6 Å². The highest BCUT2D eigenvalue weighted by Gasteiger charge is 2.13. The van der Waals surface area contributed by atoms with Crippen LogP contribution in [0.25, 0.3) is 0 Å². The van der Waals surface area contributed by atoms with Crippen molar-refractivity contribution in [3.05, 3.63) is 56.4 Å². The number of hydrogen-bond donors (Lipinski definition) is 1. The van der Waals surface area contributed by atoms with Crippen molar-refractivity contribution in [2.75, 3.05) is 6.54 Å². The zero-order valence-corrected chi connectivity index (χ0v) is 12.5. The largest absolute Gasteiger partial charge is 0.310 e. The van der Waals surface area contributed by atoms with Gasteiger partial charge in [0.15, 0.2) is 0 Å². The van der Waals surface area contributed by atoms with Gasteiger partial charge < -0.3 is 5.32 Å². The van der Waals surface area contributed by atoms with Crippen molar-refractivity contribution in [2.45, 2.75) is 19.4 Å². The van der Waals surface area contributed by atoms with Gasteiger partial charge in [-0.3, -0.25) is 0 Å². The van der Waals surface area contributed by atoms with E-state index in [0.29, 0.717) is 4.47 Å². The first-order valence-corrected chi connectivity index (χ1v) is 7.58. The molecule has 18 heavy (non-hydrogen) atoms. The van der Waals surface area contributed by atoms with E-state index >= 15 is 0 Å². The highest BCUT2D eigenvalue weighted by molar-refractivity contribution is 9.10. The first-order valence-electron chi connectivity index (χ1n) is 5.91. The van der Waals surface area contributed by atoms with Gasteiger partial charge >= 0.3 is 0 Å². The first-order chi connectivity index (χ1) is 8.70. The Kier molecular flexibility index (Phi) is 4.92. The van der Waals surface area contributed by atoms with Gasteiger partial charge in [-0.1, -0.05) is 19.1 Å². The first kappa shape index (κ1) is 13.7. The Morgan fingerprint density at radius 3 is 2.83 bits per heavy atom. The van der Waals surface area contributed by atoms with Gasteiger partial charge in [-0.25, -0.2) is 4.39 Å². The van der Waals surface area contributed by atoms with Crippen molar-refractivity contribution in [3.8, 4) is 0 Å². The number of nitrogens with one attached hydrogen (secondary N) is 1. The van der Waals surface area contributed by atoms with Crippen molar-refractivity contribution >= 4 is 27.3 Å². The van der Waals surface area contributed by atoms with Crippen molar-refractivity contribution < 1.29 is 4.39 Å². The number of benzene rings is 1. The molecule has 0 radical (unpaired) electrons. The van der Waals surface area contributed by atoms with E-state index in [1.54, 1.807) is 11.3 Å². The second-order valence-corrected chi connectivity index (χ2v) is 5.95. The minimum absolute atomic E-state index is 0.217. The van der Waals surface area contributed by atoms with Crippen molar-refractivity contribution in [2.24, 2.45) is 0 Å². The average Bonchev–Trinajstić information content (AvgIpc) is 2.85. The number of likely N-dealkylation sites (N-methyl/N-ethyl adjacent to an activating group) is 1. The smallest absolute Gasteiger partial charge is 0.137 e. The van der Waals surface area contributed by atoms with Crippen LogP contribution in [-0.2, 0) is 6.42 Å². The van der Waals surface area contributed by atoms with Gasteiger partial charge in [0, 0.05) is 17.3 Å². The van der Waals surface area contributed by atoms with Crippen LogP contribution in [0.3, 0.4) is 0 Å². The third-order valence-electron chi connectivity index (χ3n) is 2.78. The van der Waals surface area contributed by atoms with E-state index in [1.165, 1.54) is 10.9 Å². The third-order valence-corrected chi connectivity index (χ3v) is 4.29. The van der Waals surface area contributed by atoms with Gasteiger partial charge in [-0.2, -0.15) is 0 Å². The number of halogens is 2. The fraction of sp³-hybridized carbons (Fsp3) is 0.286. The molecule has 2 rings (SSSR count). The summed E-state index contributed by atoms with van der Waals surface area (Å²) in [6, 6.07) is 9.64. The molecule has 1 heterocycles. The van der Waals surface area contributed by atoms with Crippen LogP contribution in [0.15, 0.2) is 40.2 Å². The molecule has 0 saturated heterocycles. The zero-order valence-electron chi connectivity index (χ0n) is 10.1. The molecule has 2 aromatic rings. The Labute approximate surface area is 119 Å². The Hall–Kier alpha value is -0.710. The summed E-state index contributed by atoms with van der Waals surface area (Å²) in [5.74, 6) is -0.217. The molecule has 4 heteroatoms. The van der Waals surface area contributed by atoms with Crippen LogP contribution in [0.4, 0.5) is 4.39 Å². The van der Waals surface area contributed by atoms with E-state index in [9.17, 15) is 4.39 Å². The van der Waals surface area contributed by atoms with Crippen LogP contribution in [0.1, 0.15) is 23.4 Å². The van der Waals surface area contributed by atoms with Crippen LogP contribution in [0.5, 0.6) is 0 Å². The third kappa shape index (κ3) is 3.40. The van der Waals surface area contributed by atoms with Crippen LogP contribution < -0.4 is 5.32 Å². The molecule has 0 spiro atoms. The Morgan fingerprint density at radius 2 is 2.22 bits per heavy atom. The normalized spacial score (nSPS) is 12.6. The van der Waals surface area contributed by atoms with E-state index in [1.807, 2.05) is 12.1 Å². The van der Waals surface area contributed by atoms with E-state index in [0.717, 1.165) is 18.5 Å². The maximum Gasteiger partial charge on any atom is 0.137 e. The second-order valence-electron chi connectivity index (χ2n) is 4.07. The molecule has 96 valence electrons. The lowest BCUT2D eigenvalue weighted by Crippen LogP contribution is -2.22. The Balaban J connectivity index is 2.20. The van der Waals surface area contributed by atoms with Crippen LogP contribution in [-0.4, -0.2) is 6.54 Å². The summed E-state index contributed by atoms with van der Waals surface area (Å²) in [4.78, 5) is 1.33. The van der Waals surface area contributed by atoms with E-state index in [2.05, 4.69) is 45.7 Å². The lowest BCUT2D eigenvalue weighted by atomic mass is 10.0. The molecular weight excluding hydrogens is 313 g/mol. The van der Waals surface area contributed by atoms with Gasteiger partial charge in [-0.15, -0.1) is 11.3 Å². The molecule has 1 unspecified atom stereocenters. The summed E-state index contributed by atoms with van der Waals surface area (Å²) in [5, 5.41) is 5.53. The summed E-state index contributed by atoms with van der Waals surface area (Å²) < 4.78 is 13.8. The lowest BCUT2D eigenvalue weighted by Gasteiger charge is -2.18. The zero-order chi connectivity index (χ0) is 13.0. The Morgan fingerprint density at radius 1 is 1.39 bits per heavy atom. The molecule has 1 N–H and O–H groups in total. The Bertz CT molecular complexity index is 499. The molecule has 1 aromatic heterocycles. The number of rotatable bonds is 5. The summed E-state index contributed by atoms with van der Waals surface area (Å²) in [6.45, 7) is 2.98. The summed E-state index contributed by atoms with van der Waals surface area (Å²) in [6.07, 6.45) is 0.934. The fourth-order valence-electron chi connectivity index (χ4n) is 1.91. The van der Waals surface area contributed by atoms with Crippen LogP contribution in [0.2, 0.25) is 0 Å². The molecular formula is C14H15BrFNS. The predicted octanol–water partition coefficient (Wildman–Crippen LogP) is 4.54. The predicted molar refractivity (Wildman–Crippen MR) is 78.5 cm³/mol. The maximum atomic E-state index is 13.3. The van der Waals surface area contributed by atoms with Crippen molar-refractivity contribution in [3.63, 3.8) is 0 Å². The highest BCUT2D eigenvalue weighted by Crippen LogP contribution is 2.25. The second kappa shape index (κ2) is 6.45. The molecule has 0 fully saturated rings. The lowest BCUT2D eigenvalue weighted by molar-refractivity contribution is 0.550. The van der Waals surface area contributed by atoms with Gasteiger partial charge in [0.2, 0.25) is 0 Å². The van der Waals surface area contributed by atoms with Crippen molar-refractivity contribution in [1.82, 2.24) is 5.32 Å². The summed E-state index contributed by atoms with van der Waals surface area (Å²) >= 11 is 5.00.